The van der Waals surface area contributed by atoms with Gasteiger partial charge in [0.25, 0.3) is 5.91 Å². The fourth-order valence-corrected chi connectivity index (χ4v) is 1.35. The number of methoxy groups -OCH3 is 1. The van der Waals surface area contributed by atoms with Gasteiger partial charge in [-0.15, -0.1) is 0 Å². The van der Waals surface area contributed by atoms with Crippen LogP contribution in [-0.2, 0) is 4.74 Å². The highest BCUT2D eigenvalue weighted by Crippen LogP contribution is 2.15. The topological polar surface area (TPSA) is 81.4 Å². The zero-order valence-corrected chi connectivity index (χ0v) is 10.1. The first-order valence-electron chi connectivity index (χ1n) is 5.24. The molecule has 1 aromatic carbocycles. The van der Waals surface area contributed by atoms with Crippen molar-refractivity contribution < 1.29 is 14.3 Å². The third kappa shape index (κ3) is 3.21. The van der Waals surface area contributed by atoms with Gasteiger partial charge in [0.15, 0.2) is 0 Å². The zero-order chi connectivity index (χ0) is 13.0. The maximum Gasteiger partial charge on any atom is 0.339 e. The van der Waals surface area contributed by atoms with E-state index in [0.29, 0.717) is 5.56 Å². The van der Waals surface area contributed by atoms with Crippen LogP contribution in [0.5, 0.6) is 0 Å². The van der Waals surface area contributed by atoms with Crippen LogP contribution in [-0.4, -0.2) is 25.0 Å². The van der Waals surface area contributed by atoms with E-state index < -0.39 is 5.97 Å². The quantitative estimate of drug-likeness (QED) is 0.610. The fraction of sp³-hybridized carbons (Fsp3) is 0.333. The number of carbonyl (C=O) groups is 2. The SMILES string of the molecule is COC(=O)c1ccc(C(=O)NC(C)C)cc1N. The minimum absolute atomic E-state index is 0.0454. The highest BCUT2D eigenvalue weighted by Gasteiger charge is 2.13. The molecule has 0 saturated heterocycles. The van der Waals surface area contributed by atoms with Gasteiger partial charge in [-0.05, 0) is 32.0 Å². The third-order valence-corrected chi connectivity index (χ3v) is 2.14. The van der Waals surface area contributed by atoms with Gasteiger partial charge in [-0.25, -0.2) is 4.79 Å². The zero-order valence-electron chi connectivity index (χ0n) is 10.1. The van der Waals surface area contributed by atoms with E-state index in [9.17, 15) is 9.59 Å². The molecule has 1 amide bonds. The number of ether oxygens (including phenoxy) is 1. The summed E-state index contributed by atoms with van der Waals surface area (Å²) in [6.07, 6.45) is 0. The number of carbonyl (C=O) groups excluding carboxylic acids is 2. The van der Waals surface area contributed by atoms with Gasteiger partial charge in [0.1, 0.15) is 0 Å². The lowest BCUT2D eigenvalue weighted by Crippen LogP contribution is -2.30. The van der Waals surface area contributed by atoms with Crippen molar-refractivity contribution in [3.63, 3.8) is 0 Å². The number of hydrogen-bond acceptors (Lipinski definition) is 4. The Labute approximate surface area is 99.9 Å². The van der Waals surface area contributed by atoms with Gasteiger partial charge in [-0.1, -0.05) is 0 Å². The Morgan fingerprint density at radius 1 is 1.35 bits per heavy atom. The first-order valence-corrected chi connectivity index (χ1v) is 5.24. The molecule has 0 heterocycles. The predicted octanol–water partition coefficient (Wildman–Crippen LogP) is 1.19. The normalized spacial score (nSPS) is 10.1. The largest absolute Gasteiger partial charge is 0.465 e. The number of esters is 1. The van der Waals surface area contributed by atoms with Gasteiger partial charge >= 0.3 is 5.97 Å². The average molecular weight is 236 g/mol. The highest BCUT2D eigenvalue weighted by molar-refractivity contribution is 6.00. The van der Waals surface area contributed by atoms with Crippen LogP contribution in [0.15, 0.2) is 18.2 Å². The van der Waals surface area contributed by atoms with Crippen LogP contribution >= 0.6 is 0 Å². The van der Waals surface area contributed by atoms with Crippen LogP contribution in [0.1, 0.15) is 34.6 Å². The summed E-state index contributed by atoms with van der Waals surface area (Å²) in [5, 5.41) is 2.74. The Hall–Kier alpha value is -2.04. The molecular weight excluding hydrogens is 220 g/mol. The van der Waals surface area contributed by atoms with E-state index in [0.717, 1.165) is 0 Å². The van der Waals surface area contributed by atoms with Crippen LogP contribution in [0.3, 0.4) is 0 Å². The lowest BCUT2D eigenvalue weighted by Gasteiger charge is -2.10. The molecule has 1 aromatic rings. The molecule has 0 aromatic heterocycles. The maximum absolute atomic E-state index is 11.7. The van der Waals surface area contributed by atoms with E-state index in [-0.39, 0.29) is 23.2 Å². The number of benzene rings is 1. The standard InChI is InChI=1S/C12H16N2O3/c1-7(2)14-11(15)8-4-5-9(10(13)6-8)12(16)17-3/h4-7H,13H2,1-3H3,(H,14,15). The predicted molar refractivity (Wildman–Crippen MR) is 64.8 cm³/mol. The Morgan fingerprint density at radius 3 is 2.47 bits per heavy atom. The summed E-state index contributed by atoms with van der Waals surface area (Å²) in [6.45, 7) is 3.73. The first kappa shape index (κ1) is 13.0. The number of anilines is 1. The van der Waals surface area contributed by atoms with Gasteiger partial charge < -0.3 is 15.8 Å². The van der Waals surface area contributed by atoms with Gasteiger partial charge in [0.2, 0.25) is 0 Å². The Bertz CT molecular complexity index is 441. The smallest absolute Gasteiger partial charge is 0.339 e. The molecule has 0 aliphatic rings. The number of nitrogen functional groups attached to an aromatic ring is 1. The number of hydrogen-bond donors (Lipinski definition) is 2. The Balaban J connectivity index is 2.96. The van der Waals surface area contributed by atoms with Crippen molar-refractivity contribution in [2.75, 3.05) is 12.8 Å². The van der Waals surface area contributed by atoms with Crippen LogP contribution in [0.4, 0.5) is 5.69 Å². The molecule has 92 valence electrons. The van der Waals surface area contributed by atoms with Gasteiger partial charge in [0.05, 0.1) is 12.7 Å². The molecule has 1 rings (SSSR count). The number of rotatable bonds is 3. The van der Waals surface area contributed by atoms with E-state index >= 15 is 0 Å². The second kappa shape index (κ2) is 5.34. The molecule has 5 heteroatoms. The third-order valence-electron chi connectivity index (χ3n) is 2.14. The number of nitrogens with one attached hydrogen (secondary N) is 1. The van der Waals surface area contributed by atoms with Crippen molar-refractivity contribution in [3.8, 4) is 0 Å². The van der Waals surface area contributed by atoms with E-state index in [1.54, 1.807) is 6.07 Å². The maximum atomic E-state index is 11.7. The van der Waals surface area contributed by atoms with Crippen LogP contribution in [0, 0.1) is 0 Å². The summed E-state index contributed by atoms with van der Waals surface area (Å²) in [5.41, 5.74) is 6.59. The monoisotopic (exact) mass is 236 g/mol. The lowest BCUT2D eigenvalue weighted by molar-refractivity contribution is 0.0601. The molecule has 0 spiro atoms. The molecular formula is C12H16N2O3. The summed E-state index contributed by atoms with van der Waals surface area (Å²) in [4.78, 5) is 23.0. The van der Waals surface area contributed by atoms with Crippen molar-refractivity contribution in [1.82, 2.24) is 5.32 Å². The average Bonchev–Trinajstić information content (AvgIpc) is 2.27. The molecule has 0 fully saturated rings. The van der Waals surface area contributed by atoms with Crippen LogP contribution < -0.4 is 11.1 Å². The number of amides is 1. The van der Waals surface area contributed by atoms with Crippen molar-refractivity contribution in [3.05, 3.63) is 29.3 Å². The molecule has 0 atom stereocenters. The first-order chi connectivity index (χ1) is 7.95. The summed E-state index contributed by atoms with van der Waals surface area (Å²) < 4.78 is 4.56. The minimum atomic E-state index is -0.515. The molecule has 0 bridgehead atoms. The van der Waals surface area contributed by atoms with Crippen LogP contribution in [0.2, 0.25) is 0 Å². The Kier molecular flexibility index (Phi) is 4.09. The summed E-state index contributed by atoms with van der Waals surface area (Å²) in [6, 6.07) is 4.53. The molecule has 0 radical (unpaired) electrons. The van der Waals surface area contributed by atoms with E-state index in [1.165, 1.54) is 19.2 Å². The van der Waals surface area contributed by atoms with Gasteiger partial charge in [0, 0.05) is 17.3 Å². The van der Waals surface area contributed by atoms with Crippen molar-refractivity contribution >= 4 is 17.6 Å². The summed E-state index contributed by atoms with van der Waals surface area (Å²) >= 11 is 0. The van der Waals surface area contributed by atoms with Gasteiger partial charge in [-0.2, -0.15) is 0 Å². The molecule has 0 unspecified atom stereocenters. The molecule has 0 aliphatic carbocycles. The molecule has 3 N–H and O–H groups in total. The van der Waals surface area contributed by atoms with E-state index in [1.807, 2.05) is 13.8 Å². The van der Waals surface area contributed by atoms with Crippen LogP contribution in [0.25, 0.3) is 0 Å². The fourth-order valence-electron chi connectivity index (χ4n) is 1.35. The molecule has 0 aliphatic heterocycles. The van der Waals surface area contributed by atoms with Gasteiger partial charge in [-0.3, -0.25) is 4.79 Å². The van der Waals surface area contributed by atoms with Crippen molar-refractivity contribution in [2.24, 2.45) is 0 Å². The van der Waals surface area contributed by atoms with E-state index in [4.69, 9.17) is 5.73 Å². The summed E-state index contributed by atoms with van der Waals surface area (Å²) in [5.74, 6) is -0.735. The lowest BCUT2D eigenvalue weighted by atomic mass is 10.1. The second-order valence-electron chi connectivity index (χ2n) is 3.92. The minimum Gasteiger partial charge on any atom is -0.465 e. The molecule has 17 heavy (non-hydrogen) atoms. The second-order valence-corrected chi connectivity index (χ2v) is 3.92. The molecule has 5 nitrogen and oxygen atoms in total. The van der Waals surface area contributed by atoms with Crippen molar-refractivity contribution in [1.29, 1.82) is 0 Å². The Morgan fingerprint density at radius 2 is 2.00 bits per heavy atom. The summed E-state index contributed by atoms with van der Waals surface area (Å²) in [7, 11) is 1.28. The van der Waals surface area contributed by atoms with Crippen molar-refractivity contribution in [2.45, 2.75) is 19.9 Å². The number of nitrogens with two attached hydrogens (primary N) is 1. The van der Waals surface area contributed by atoms with E-state index in [2.05, 4.69) is 10.1 Å². The molecule has 0 saturated carbocycles. The highest BCUT2D eigenvalue weighted by atomic mass is 16.5.